The molecule has 4 rings (SSSR count). The Bertz CT molecular complexity index is 1090. The number of nitrogens with zero attached hydrogens (tertiary/aromatic N) is 2. The molecule has 1 aliphatic heterocycles. The third-order valence-corrected chi connectivity index (χ3v) is 5.64. The summed E-state index contributed by atoms with van der Waals surface area (Å²) in [6, 6.07) is 21.7. The molecular weight excluding hydrogens is 376 g/mol. The number of fused-ring (bicyclic) bond motifs is 1. The van der Waals surface area contributed by atoms with E-state index >= 15 is 0 Å². The minimum Gasteiger partial charge on any atom is -0.496 e. The minimum absolute atomic E-state index is 0.337. The van der Waals surface area contributed by atoms with Gasteiger partial charge in [-0.3, -0.25) is 0 Å². The standard InChI is InChI=1S/C25H26N2O3/c1-26(2)18-12-10-17(11-13-18)25(22-8-6-7-9-23(22)29-5)21-15-14-19(27(3)4)16-20(21)24(28)30-25/h6-16H,1-5H3. The van der Waals surface area contributed by atoms with Crippen LogP contribution in [-0.4, -0.2) is 41.3 Å². The number of rotatable bonds is 5. The van der Waals surface area contributed by atoms with Crippen molar-refractivity contribution in [1.82, 2.24) is 0 Å². The highest BCUT2D eigenvalue weighted by molar-refractivity contribution is 5.97. The van der Waals surface area contributed by atoms with Crippen molar-refractivity contribution in [2.45, 2.75) is 5.60 Å². The van der Waals surface area contributed by atoms with Gasteiger partial charge in [-0.25, -0.2) is 4.79 Å². The molecule has 154 valence electrons. The Morgan fingerprint density at radius 3 is 2.07 bits per heavy atom. The van der Waals surface area contributed by atoms with E-state index < -0.39 is 5.60 Å². The van der Waals surface area contributed by atoms with Crippen LogP contribution in [0.1, 0.15) is 27.0 Å². The van der Waals surface area contributed by atoms with Gasteiger partial charge >= 0.3 is 5.97 Å². The van der Waals surface area contributed by atoms with Crippen LogP contribution >= 0.6 is 0 Å². The van der Waals surface area contributed by atoms with Crippen LogP contribution in [0.3, 0.4) is 0 Å². The SMILES string of the molecule is COc1ccccc1C1(c2ccc(N(C)C)cc2)OC(=O)c2cc(N(C)C)ccc21. The van der Waals surface area contributed by atoms with Crippen LogP contribution in [0.5, 0.6) is 5.75 Å². The zero-order valence-corrected chi connectivity index (χ0v) is 18.0. The van der Waals surface area contributed by atoms with E-state index in [1.807, 2.05) is 105 Å². The van der Waals surface area contributed by atoms with Crippen LogP contribution in [-0.2, 0) is 10.3 Å². The van der Waals surface area contributed by atoms with Gasteiger partial charge in [-0.1, -0.05) is 36.4 Å². The smallest absolute Gasteiger partial charge is 0.340 e. The molecule has 5 heteroatoms. The molecule has 0 aromatic heterocycles. The normalized spacial score (nSPS) is 17.3. The van der Waals surface area contributed by atoms with Crippen molar-refractivity contribution in [2.75, 3.05) is 45.1 Å². The molecule has 0 spiro atoms. The Morgan fingerprint density at radius 1 is 0.800 bits per heavy atom. The van der Waals surface area contributed by atoms with E-state index in [1.165, 1.54) is 0 Å². The Hall–Kier alpha value is -3.47. The summed E-state index contributed by atoms with van der Waals surface area (Å²) >= 11 is 0. The van der Waals surface area contributed by atoms with Crippen LogP contribution in [0.4, 0.5) is 11.4 Å². The Kier molecular flexibility index (Phi) is 4.90. The second-order valence-corrected chi connectivity index (χ2v) is 7.84. The van der Waals surface area contributed by atoms with E-state index in [0.29, 0.717) is 11.3 Å². The topological polar surface area (TPSA) is 42.0 Å². The van der Waals surface area contributed by atoms with Crippen molar-refractivity contribution in [3.05, 3.63) is 89.0 Å². The van der Waals surface area contributed by atoms with E-state index in [4.69, 9.17) is 9.47 Å². The van der Waals surface area contributed by atoms with E-state index in [2.05, 4.69) is 0 Å². The highest BCUT2D eigenvalue weighted by Gasteiger charge is 2.50. The zero-order valence-electron chi connectivity index (χ0n) is 18.0. The maximum Gasteiger partial charge on any atom is 0.340 e. The lowest BCUT2D eigenvalue weighted by Gasteiger charge is -2.32. The van der Waals surface area contributed by atoms with Crippen LogP contribution in [0.2, 0.25) is 0 Å². The fourth-order valence-corrected chi connectivity index (χ4v) is 4.04. The van der Waals surface area contributed by atoms with Crippen molar-refractivity contribution < 1.29 is 14.3 Å². The molecule has 1 aliphatic rings. The molecule has 0 aliphatic carbocycles. The number of ether oxygens (including phenoxy) is 2. The summed E-state index contributed by atoms with van der Waals surface area (Å²) in [7, 11) is 9.54. The number of hydrogen-bond acceptors (Lipinski definition) is 5. The Morgan fingerprint density at radius 2 is 1.43 bits per heavy atom. The minimum atomic E-state index is -1.07. The second-order valence-electron chi connectivity index (χ2n) is 7.84. The second kappa shape index (κ2) is 7.41. The summed E-state index contributed by atoms with van der Waals surface area (Å²) in [5, 5.41) is 0. The molecule has 0 bridgehead atoms. The van der Waals surface area contributed by atoms with Gasteiger partial charge in [0.25, 0.3) is 0 Å². The highest BCUT2D eigenvalue weighted by Crippen LogP contribution is 2.50. The van der Waals surface area contributed by atoms with Gasteiger partial charge in [-0.2, -0.15) is 0 Å². The first kappa shape index (κ1) is 19.8. The molecule has 1 unspecified atom stereocenters. The number of esters is 1. The van der Waals surface area contributed by atoms with Crippen LogP contribution in [0.25, 0.3) is 0 Å². The Labute approximate surface area is 177 Å². The lowest BCUT2D eigenvalue weighted by atomic mass is 9.79. The summed E-state index contributed by atoms with van der Waals surface area (Å²) in [5.41, 5.74) is 4.02. The van der Waals surface area contributed by atoms with Gasteiger partial charge in [-0.15, -0.1) is 0 Å². The lowest BCUT2D eigenvalue weighted by Crippen LogP contribution is -2.30. The lowest BCUT2D eigenvalue weighted by molar-refractivity contribution is 0.0245. The number of carbonyl (C=O) groups excluding carboxylic acids is 1. The van der Waals surface area contributed by atoms with Crippen LogP contribution < -0.4 is 14.5 Å². The number of carbonyl (C=O) groups is 1. The van der Waals surface area contributed by atoms with Gasteiger partial charge in [0, 0.05) is 56.3 Å². The van der Waals surface area contributed by atoms with Gasteiger partial charge in [0.15, 0.2) is 5.60 Å². The average Bonchev–Trinajstić information content (AvgIpc) is 3.06. The quantitative estimate of drug-likeness (QED) is 0.596. The van der Waals surface area contributed by atoms with Gasteiger partial charge in [0.05, 0.1) is 12.7 Å². The summed E-state index contributed by atoms with van der Waals surface area (Å²) in [6.45, 7) is 0. The van der Waals surface area contributed by atoms with E-state index in [0.717, 1.165) is 28.1 Å². The van der Waals surface area contributed by atoms with Crippen molar-refractivity contribution in [1.29, 1.82) is 0 Å². The van der Waals surface area contributed by atoms with Gasteiger partial charge in [-0.05, 0) is 30.3 Å². The summed E-state index contributed by atoms with van der Waals surface area (Å²) in [5.74, 6) is 0.336. The highest BCUT2D eigenvalue weighted by atomic mass is 16.6. The maximum absolute atomic E-state index is 13.1. The molecule has 1 atom stereocenters. The molecule has 1 heterocycles. The summed E-state index contributed by atoms with van der Waals surface area (Å²) in [6.07, 6.45) is 0. The predicted octanol–water partition coefficient (Wildman–Crippen LogP) is 4.29. The van der Waals surface area contributed by atoms with Gasteiger partial charge < -0.3 is 19.3 Å². The number of benzene rings is 3. The first-order valence-electron chi connectivity index (χ1n) is 9.85. The zero-order chi connectivity index (χ0) is 21.5. The molecule has 0 saturated carbocycles. The third-order valence-electron chi connectivity index (χ3n) is 5.64. The number of anilines is 2. The van der Waals surface area contributed by atoms with E-state index in [9.17, 15) is 4.79 Å². The molecule has 3 aromatic rings. The average molecular weight is 402 g/mol. The molecule has 5 nitrogen and oxygen atoms in total. The first-order valence-corrected chi connectivity index (χ1v) is 9.85. The molecule has 0 fully saturated rings. The van der Waals surface area contributed by atoms with Crippen LogP contribution in [0.15, 0.2) is 66.7 Å². The number of hydrogen-bond donors (Lipinski definition) is 0. The van der Waals surface area contributed by atoms with Crippen molar-refractivity contribution in [2.24, 2.45) is 0 Å². The third kappa shape index (κ3) is 2.98. The van der Waals surface area contributed by atoms with E-state index in [1.54, 1.807) is 7.11 Å². The summed E-state index contributed by atoms with van der Waals surface area (Å²) in [4.78, 5) is 17.1. The molecular formula is C25H26N2O3. The molecule has 0 amide bonds. The number of para-hydroxylation sites is 1. The summed E-state index contributed by atoms with van der Waals surface area (Å²) < 4.78 is 11.9. The fourth-order valence-electron chi connectivity index (χ4n) is 4.04. The van der Waals surface area contributed by atoms with Crippen LogP contribution in [0, 0.1) is 0 Å². The molecule has 3 aromatic carbocycles. The van der Waals surface area contributed by atoms with Crippen molar-refractivity contribution in [3.63, 3.8) is 0 Å². The first-order chi connectivity index (χ1) is 14.4. The maximum atomic E-state index is 13.1. The number of methoxy groups -OCH3 is 1. The molecule has 0 N–H and O–H groups in total. The van der Waals surface area contributed by atoms with E-state index in [-0.39, 0.29) is 5.97 Å². The molecule has 0 radical (unpaired) electrons. The van der Waals surface area contributed by atoms with Gasteiger partial charge in [0.2, 0.25) is 0 Å². The molecule has 0 saturated heterocycles. The van der Waals surface area contributed by atoms with Gasteiger partial charge in [0.1, 0.15) is 5.75 Å². The van der Waals surface area contributed by atoms with Crippen molar-refractivity contribution in [3.8, 4) is 5.75 Å². The van der Waals surface area contributed by atoms with Crippen molar-refractivity contribution >= 4 is 17.3 Å². The Balaban J connectivity index is 2.01. The molecule has 30 heavy (non-hydrogen) atoms. The largest absolute Gasteiger partial charge is 0.496 e. The predicted molar refractivity (Wildman–Crippen MR) is 120 cm³/mol. The number of cyclic esters (lactones) is 1. The fraction of sp³-hybridized carbons (Fsp3) is 0.240. The monoisotopic (exact) mass is 402 g/mol.